The number of nitrogens with one attached hydrogen (secondary N) is 3. The van der Waals surface area contributed by atoms with Gasteiger partial charge in [-0.1, -0.05) is 17.7 Å². The summed E-state index contributed by atoms with van der Waals surface area (Å²) in [5, 5.41) is 4.07. The van der Waals surface area contributed by atoms with Crippen molar-refractivity contribution in [3.63, 3.8) is 0 Å². The summed E-state index contributed by atoms with van der Waals surface area (Å²) < 4.78 is 18.0. The van der Waals surface area contributed by atoms with E-state index in [-0.39, 0.29) is 16.8 Å². The fourth-order valence-electron chi connectivity index (χ4n) is 3.00. The molecule has 2 aromatic rings. The highest BCUT2D eigenvalue weighted by atomic mass is 35.5. The van der Waals surface area contributed by atoms with E-state index >= 15 is 0 Å². The molecule has 3 rings (SSSR count). The Bertz CT molecular complexity index is 983. The van der Waals surface area contributed by atoms with Crippen molar-refractivity contribution < 1.29 is 18.7 Å². The van der Waals surface area contributed by atoms with Crippen LogP contribution in [0.2, 0.25) is 5.02 Å². The molecule has 1 aliphatic rings. The highest BCUT2D eigenvalue weighted by Crippen LogP contribution is 2.39. The van der Waals surface area contributed by atoms with Gasteiger partial charge < -0.3 is 10.1 Å². The number of amides is 1. The molecule has 1 aliphatic carbocycles. The number of thioether (sulfide) groups is 1. The van der Waals surface area contributed by atoms with Crippen LogP contribution < -0.4 is 16.2 Å². The number of hydrogen-bond donors (Lipinski definition) is 3. The normalized spacial score (nSPS) is 12.2. The standard InChI is InChI=1S/C19H19ClFN3O3S3/c1-27-18(26)16-12-3-2-4-14(12)30-17(16)22-19(28)24-23-15(25)9-29-8-10-5-6-11(21)7-13(10)20/h5-7H,2-4,8-9H2,1H3,(H,23,25)(H2,22,24,28). The number of carbonyl (C=O) groups excluding carboxylic acids is 2. The molecule has 0 bridgehead atoms. The first-order chi connectivity index (χ1) is 14.4. The molecule has 0 aliphatic heterocycles. The van der Waals surface area contributed by atoms with Crippen LogP contribution in [0, 0.1) is 5.82 Å². The Morgan fingerprint density at radius 3 is 2.87 bits per heavy atom. The minimum Gasteiger partial charge on any atom is -0.465 e. The molecule has 30 heavy (non-hydrogen) atoms. The number of thiophene rings is 1. The van der Waals surface area contributed by atoms with Gasteiger partial charge in [-0.25, -0.2) is 9.18 Å². The molecule has 0 saturated carbocycles. The Kier molecular flexibility index (Phi) is 7.93. The van der Waals surface area contributed by atoms with E-state index in [2.05, 4.69) is 16.2 Å². The maximum absolute atomic E-state index is 13.1. The third-order valence-corrected chi connectivity index (χ3v) is 7.10. The molecular weight excluding hydrogens is 469 g/mol. The van der Waals surface area contributed by atoms with Crippen LogP contribution in [0.4, 0.5) is 9.39 Å². The van der Waals surface area contributed by atoms with Gasteiger partial charge in [-0.2, -0.15) is 0 Å². The molecular formula is C19H19ClFN3O3S3. The highest BCUT2D eigenvalue weighted by Gasteiger charge is 2.27. The fraction of sp³-hybridized carbons (Fsp3) is 0.316. The van der Waals surface area contributed by atoms with Crippen LogP contribution in [0.1, 0.15) is 32.8 Å². The minimum atomic E-state index is -0.403. The summed E-state index contributed by atoms with van der Waals surface area (Å²) in [5.41, 5.74) is 7.41. The molecule has 1 aromatic carbocycles. The lowest BCUT2D eigenvalue weighted by molar-refractivity contribution is -0.119. The predicted octanol–water partition coefficient (Wildman–Crippen LogP) is 4.07. The first kappa shape index (κ1) is 22.8. The Hall–Kier alpha value is -1.88. The number of esters is 1. The Morgan fingerprint density at radius 2 is 2.13 bits per heavy atom. The minimum absolute atomic E-state index is 0.157. The number of aryl methyl sites for hydroxylation is 1. The van der Waals surface area contributed by atoms with Crippen LogP contribution in [0.25, 0.3) is 0 Å². The molecule has 160 valence electrons. The van der Waals surface area contributed by atoms with Gasteiger partial charge in [-0.3, -0.25) is 15.6 Å². The van der Waals surface area contributed by atoms with Gasteiger partial charge >= 0.3 is 5.97 Å². The second-order valence-electron chi connectivity index (χ2n) is 6.41. The van der Waals surface area contributed by atoms with E-state index in [0.717, 1.165) is 35.3 Å². The van der Waals surface area contributed by atoms with Crippen molar-refractivity contribution in [2.75, 3.05) is 18.2 Å². The highest BCUT2D eigenvalue weighted by molar-refractivity contribution is 7.99. The molecule has 0 atom stereocenters. The van der Waals surface area contributed by atoms with E-state index in [1.165, 1.54) is 42.3 Å². The van der Waals surface area contributed by atoms with Crippen molar-refractivity contribution in [3.05, 3.63) is 50.6 Å². The number of thiocarbonyl (C=S) groups is 1. The van der Waals surface area contributed by atoms with Crippen LogP contribution in [0.15, 0.2) is 18.2 Å². The number of benzene rings is 1. The molecule has 0 fully saturated rings. The largest absolute Gasteiger partial charge is 0.465 e. The molecule has 1 heterocycles. The van der Waals surface area contributed by atoms with E-state index in [1.807, 2.05) is 0 Å². The van der Waals surface area contributed by atoms with Crippen LogP contribution in [-0.2, 0) is 28.1 Å². The van der Waals surface area contributed by atoms with Crippen LogP contribution in [0.3, 0.4) is 0 Å². The van der Waals surface area contributed by atoms with Gasteiger partial charge in [0.25, 0.3) is 0 Å². The first-order valence-corrected chi connectivity index (χ1v) is 11.7. The zero-order valence-corrected chi connectivity index (χ0v) is 19.2. The number of carbonyl (C=O) groups is 2. The van der Waals surface area contributed by atoms with Gasteiger partial charge in [-0.05, 0) is 54.7 Å². The number of halogens is 2. The van der Waals surface area contributed by atoms with Crippen molar-refractivity contribution in [1.82, 2.24) is 10.9 Å². The summed E-state index contributed by atoms with van der Waals surface area (Å²) >= 11 is 14.0. The Balaban J connectivity index is 1.47. The number of hydrogen-bond acceptors (Lipinski definition) is 6. The number of rotatable bonds is 6. The molecule has 3 N–H and O–H groups in total. The van der Waals surface area contributed by atoms with Crippen molar-refractivity contribution in [2.24, 2.45) is 0 Å². The number of hydrazine groups is 1. The van der Waals surface area contributed by atoms with Crippen molar-refractivity contribution in [2.45, 2.75) is 25.0 Å². The van der Waals surface area contributed by atoms with Gasteiger partial charge in [0.15, 0.2) is 5.11 Å². The number of methoxy groups -OCH3 is 1. The predicted molar refractivity (Wildman–Crippen MR) is 123 cm³/mol. The van der Waals surface area contributed by atoms with E-state index in [9.17, 15) is 14.0 Å². The van der Waals surface area contributed by atoms with Crippen molar-refractivity contribution in [3.8, 4) is 0 Å². The lowest BCUT2D eigenvalue weighted by Gasteiger charge is -2.12. The number of ether oxygens (including phenoxy) is 1. The number of fused-ring (bicyclic) bond motifs is 1. The Labute approximate surface area is 191 Å². The molecule has 1 aromatic heterocycles. The summed E-state index contributed by atoms with van der Waals surface area (Å²) in [4.78, 5) is 25.3. The summed E-state index contributed by atoms with van der Waals surface area (Å²) in [5.74, 6) is -0.463. The van der Waals surface area contributed by atoms with Gasteiger partial charge in [0, 0.05) is 15.7 Å². The quantitative estimate of drug-likeness (QED) is 0.322. The van der Waals surface area contributed by atoms with Crippen molar-refractivity contribution in [1.29, 1.82) is 0 Å². The maximum Gasteiger partial charge on any atom is 0.341 e. The third-order valence-electron chi connectivity index (χ3n) is 4.36. The van der Waals surface area contributed by atoms with Crippen LogP contribution in [-0.4, -0.2) is 29.9 Å². The van der Waals surface area contributed by atoms with Gasteiger partial charge in [0.1, 0.15) is 10.8 Å². The van der Waals surface area contributed by atoms with E-state index in [0.29, 0.717) is 21.3 Å². The van der Waals surface area contributed by atoms with E-state index < -0.39 is 11.8 Å². The zero-order chi connectivity index (χ0) is 21.7. The molecule has 0 radical (unpaired) electrons. The topological polar surface area (TPSA) is 79.5 Å². The molecule has 0 unspecified atom stereocenters. The first-order valence-electron chi connectivity index (χ1n) is 8.99. The SMILES string of the molecule is COC(=O)c1c(NC(=S)NNC(=O)CSCc2ccc(F)cc2Cl)sc2c1CCC2. The van der Waals surface area contributed by atoms with Gasteiger partial charge in [-0.15, -0.1) is 23.1 Å². The second-order valence-corrected chi connectivity index (χ2v) is 9.32. The number of anilines is 1. The average Bonchev–Trinajstić information content (AvgIpc) is 3.28. The second kappa shape index (κ2) is 10.4. The lowest BCUT2D eigenvalue weighted by Crippen LogP contribution is -2.44. The van der Waals surface area contributed by atoms with Crippen LogP contribution in [0.5, 0.6) is 0 Å². The van der Waals surface area contributed by atoms with Gasteiger partial charge in [0.2, 0.25) is 5.91 Å². The molecule has 11 heteroatoms. The summed E-state index contributed by atoms with van der Waals surface area (Å²) in [6.07, 6.45) is 2.78. The summed E-state index contributed by atoms with van der Waals surface area (Å²) in [6, 6.07) is 4.17. The fourth-order valence-corrected chi connectivity index (χ4v) is 5.64. The monoisotopic (exact) mass is 487 g/mol. The summed E-state index contributed by atoms with van der Waals surface area (Å²) in [6.45, 7) is 0. The van der Waals surface area contributed by atoms with Crippen LogP contribution >= 0.6 is 46.9 Å². The van der Waals surface area contributed by atoms with E-state index in [1.54, 1.807) is 6.07 Å². The maximum atomic E-state index is 13.1. The molecule has 1 amide bonds. The van der Waals surface area contributed by atoms with Gasteiger partial charge in [0.05, 0.1) is 18.4 Å². The zero-order valence-electron chi connectivity index (χ0n) is 16.0. The molecule has 0 saturated heterocycles. The lowest BCUT2D eigenvalue weighted by atomic mass is 10.1. The molecule has 0 spiro atoms. The van der Waals surface area contributed by atoms with Crippen molar-refractivity contribution >= 4 is 68.9 Å². The smallest absolute Gasteiger partial charge is 0.341 e. The third kappa shape index (κ3) is 5.63. The molecule has 6 nitrogen and oxygen atoms in total. The Morgan fingerprint density at radius 1 is 1.33 bits per heavy atom. The summed E-state index contributed by atoms with van der Waals surface area (Å²) in [7, 11) is 1.35. The van der Waals surface area contributed by atoms with E-state index in [4.69, 9.17) is 28.6 Å². The average molecular weight is 488 g/mol.